The Morgan fingerprint density at radius 3 is 1.95 bits per heavy atom. The lowest BCUT2D eigenvalue weighted by Crippen LogP contribution is -2.13. The maximum Gasteiger partial charge on any atom is 0.416 e. The van der Waals surface area contributed by atoms with Crippen molar-refractivity contribution >= 4 is 6.29 Å². The molecule has 2 aromatic rings. The summed E-state index contributed by atoms with van der Waals surface area (Å²) in [7, 11) is 0. The Morgan fingerprint density at radius 2 is 1.55 bits per heavy atom. The molecule has 0 aliphatic heterocycles. The van der Waals surface area contributed by atoms with Gasteiger partial charge in [-0.25, -0.2) is 4.68 Å². The van der Waals surface area contributed by atoms with E-state index in [1.807, 2.05) is 0 Å². The summed E-state index contributed by atoms with van der Waals surface area (Å²) < 4.78 is 77.1. The van der Waals surface area contributed by atoms with Crippen molar-refractivity contribution in [1.29, 1.82) is 0 Å². The molecular formula is C12H7F6N3O. The maximum atomic E-state index is 12.7. The minimum Gasteiger partial charge on any atom is -0.296 e. The molecule has 1 heterocycles. The van der Waals surface area contributed by atoms with E-state index in [4.69, 9.17) is 0 Å². The van der Waals surface area contributed by atoms with E-state index in [2.05, 4.69) is 10.3 Å². The lowest BCUT2D eigenvalue weighted by Gasteiger charge is -2.14. The normalized spacial score (nSPS) is 12.5. The standard InChI is InChI=1S/C12H7F6N3O/c13-11(14,15)8-1-7(2-9(3-8)12(16,17)18)4-21-5-10(6-22)19-20-21/h1-3,5-6H,4H2. The van der Waals surface area contributed by atoms with Crippen LogP contribution in [0.5, 0.6) is 0 Å². The number of carbonyl (C=O) groups is 1. The number of alkyl halides is 6. The first-order valence-corrected chi connectivity index (χ1v) is 5.73. The zero-order chi connectivity index (χ0) is 16.5. The highest BCUT2D eigenvalue weighted by atomic mass is 19.4. The molecule has 0 N–H and O–H groups in total. The summed E-state index contributed by atoms with van der Waals surface area (Å²) in [5.41, 5.74) is -3.16. The fourth-order valence-electron chi connectivity index (χ4n) is 1.74. The molecule has 0 amide bonds. The van der Waals surface area contributed by atoms with Crippen molar-refractivity contribution in [1.82, 2.24) is 15.0 Å². The summed E-state index contributed by atoms with van der Waals surface area (Å²) in [6.07, 6.45) is -8.35. The van der Waals surface area contributed by atoms with Crippen LogP contribution in [0.3, 0.4) is 0 Å². The van der Waals surface area contributed by atoms with Crippen LogP contribution in [-0.2, 0) is 18.9 Å². The van der Waals surface area contributed by atoms with Crippen molar-refractivity contribution in [3.05, 3.63) is 46.8 Å². The Hall–Kier alpha value is -2.39. The van der Waals surface area contributed by atoms with Gasteiger partial charge in [-0.05, 0) is 23.8 Å². The first-order valence-electron chi connectivity index (χ1n) is 5.73. The average Bonchev–Trinajstić information content (AvgIpc) is 2.84. The van der Waals surface area contributed by atoms with E-state index in [0.29, 0.717) is 18.4 Å². The predicted octanol–water partition coefficient (Wildman–Crippen LogP) is 3.18. The lowest BCUT2D eigenvalue weighted by atomic mass is 10.0. The number of carbonyl (C=O) groups excluding carboxylic acids is 1. The van der Waals surface area contributed by atoms with Crippen molar-refractivity contribution in [2.75, 3.05) is 0 Å². The molecule has 4 nitrogen and oxygen atoms in total. The second-order valence-electron chi connectivity index (χ2n) is 4.37. The van der Waals surface area contributed by atoms with Crippen LogP contribution >= 0.6 is 0 Å². The molecule has 118 valence electrons. The summed E-state index contributed by atoms with van der Waals surface area (Å²) in [4.78, 5) is 10.4. The van der Waals surface area contributed by atoms with Crippen molar-refractivity contribution in [2.45, 2.75) is 18.9 Å². The fraction of sp³-hybridized carbons (Fsp3) is 0.250. The zero-order valence-electron chi connectivity index (χ0n) is 10.6. The summed E-state index contributed by atoms with van der Waals surface area (Å²) >= 11 is 0. The zero-order valence-corrected chi connectivity index (χ0v) is 10.6. The number of hydrogen-bond acceptors (Lipinski definition) is 3. The molecule has 0 aliphatic carbocycles. The highest BCUT2D eigenvalue weighted by Crippen LogP contribution is 2.36. The topological polar surface area (TPSA) is 47.8 Å². The summed E-state index contributed by atoms with van der Waals surface area (Å²) in [6, 6.07) is 1.23. The molecule has 22 heavy (non-hydrogen) atoms. The van der Waals surface area contributed by atoms with Crippen LogP contribution in [0.25, 0.3) is 0 Å². The van der Waals surface area contributed by atoms with Gasteiger partial charge in [0.2, 0.25) is 0 Å². The Bertz CT molecular complexity index is 657. The van der Waals surface area contributed by atoms with Crippen LogP contribution in [0.4, 0.5) is 26.3 Å². The number of rotatable bonds is 3. The molecule has 0 spiro atoms. The van der Waals surface area contributed by atoms with Gasteiger partial charge in [0.1, 0.15) is 5.69 Å². The van der Waals surface area contributed by atoms with Gasteiger partial charge in [-0.15, -0.1) is 5.10 Å². The van der Waals surface area contributed by atoms with E-state index in [-0.39, 0.29) is 23.9 Å². The Kier molecular flexibility index (Phi) is 3.94. The molecular weight excluding hydrogens is 316 g/mol. The molecule has 2 rings (SSSR count). The van der Waals surface area contributed by atoms with Gasteiger partial charge in [-0.1, -0.05) is 5.21 Å². The third-order valence-corrected chi connectivity index (χ3v) is 2.67. The van der Waals surface area contributed by atoms with Crippen LogP contribution in [0.1, 0.15) is 27.2 Å². The molecule has 0 unspecified atom stereocenters. The van der Waals surface area contributed by atoms with Crippen molar-refractivity contribution < 1.29 is 31.1 Å². The molecule has 0 aliphatic rings. The van der Waals surface area contributed by atoms with Crippen molar-refractivity contribution in [2.24, 2.45) is 0 Å². The van der Waals surface area contributed by atoms with Gasteiger partial charge in [0.25, 0.3) is 0 Å². The number of nitrogens with zero attached hydrogens (tertiary/aromatic N) is 3. The van der Waals surface area contributed by atoms with Gasteiger partial charge in [-0.2, -0.15) is 26.3 Å². The van der Waals surface area contributed by atoms with Crippen molar-refractivity contribution in [3.63, 3.8) is 0 Å². The highest BCUT2D eigenvalue weighted by Gasteiger charge is 2.36. The van der Waals surface area contributed by atoms with E-state index in [9.17, 15) is 31.1 Å². The van der Waals surface area contributed by atoms with Gasteiger partial charge in [0.15, 0.2) is 6.29 Å². The minimum atomic E-state index is -4.91. The van der Waals surface area contributed by atoms with Crippen LogP contribution in [0, 0.1) is 0 Å². The van der Waals surface area contributed by atoms with Crippen molar-refractivity contribution in [3.8, 4) is 0 Å². The largest absolute Gasteiger partial charge is 0.416 e. The third kappa shape index (κ3) is 3.62. The monoisotopic (exact) mass is 323 g/mol. The van der Waals surface area contributed by atoms with Crippen LogP contribution < -0.4 is 0 Å². The summed E-state index contributed by atoms with van der Waals surface area (Å²) in [5, 5.41) is 6.81. The van der Waals surface area contributed by atoms with E-state index in [1.165, 1.54) is 0 Å². The average molecular weight is 323 g/mol. The highest BCUT2D eigenvalue weighted by molar-refractivity contribution is 5.70. The second-order valence-corrected chi connectivity index (χ2v) is 4.37. The van der Waals surface area contributed by atoms with Gasteiger partial charge >= 0.3 is 12.4 Å². The van der Waals surface area contributed by atoms with Gasteiger partial charge in [0.05, 0.1) is 23.9 Å². The maximum absolute atomic E-state index is 12.7. The third-order valence-electron chi connectivity index (χ3n) is 2.67. The molecule has 1 aromatic heterocycles. The van der Waals surface area contributed by atoms with Gasteiger partial charge in [0, 0.05) is 0 Å². The minimum absolute atomic E-state index is 0.0433. The molecule has 0 atom stereocenters. The molecule has 0 saturated heterocycles. The van der Waals surface area contributed by atoms with E-state index in [1.54, 1.807) is 0 Å². The van der Waals surface area contributed by atoms with Crippen LogP contribution in [0.15, 0.2) is 24.4 Å². The number of aromatic nitrogens is 3. The van der Waals surface area contributed by atoms with Gasteiger partial charge < -0.3 is 0 Å². The molecule has 10 heteroatoms. The smallest absolute Gasteiger partial charge is 0.296 e. The van der Waals surface area contributed by atoms with E-state index in [0.717, 1.165) is 10.9 Å². The van der Waals surface area contributed by atoms with Gasteiger partial charge in [-0.3, -0.25) is 4.79 Å². The quantitative estimate of drug-likeness (QED) is 0.644. The molecule has 0 saturated carbocycles. The Morgan fingerprint density at radius 1 is 1.00 bits per heavy atom. The van der Waals surface area contributed by atoms with E-state index < -0.39 is 23.5 Å². The number of halogens is 6. The molecule has 1 aromatic carbocycles. The fourth-order valence-corrected chi connectivity index (χ4v) is 1.74. The molecule has 0 radical (unpaired) electrons. The lowest BCUT2D eigenvalue weighted by molar-refractivity contribution is -0.143. The van der Waals surface area contributed by atoms with E-state index >= 15 is 0 Å². The Balaban J connectivity index is 2.43. The predicted molar refractivity (Wildman–Crippen MR) is 61.0 cm³/mol. The summed E-state index contributed by atoms with van der Waals surface area (Å²) in [6.45, 7) is -0.381. The van der Waals surface area contributed by atoms with Crippen LogP contribution in [0.2, 0.25) is 0 Å². The SMILES string of the molecule is O=Cc1cn(Cc2cc(C(F)(F)F)cc(C(F)(F)F)c2)nn1. The number of hydrogen-bond donors (Lipinski definition) is 0. The molecule has 0 fully saturated rings. The van der Waals surface area contributed by atoms with Crippen LogP contribution in [-0.4, -0.2) is 21.3 Å². The number of benzene rings is 1. The first kappa shape index (κ1) is 16.0. The summed E-state index contributed by atoms with van der Waals surface area (Å²) in [5.74, 6) is 0. The number of aldehydes is 1. The molecule has 0 bridgehead atoms. The Labute approximate surface area is 119 Å². The second kappa shape index (κ2) is 5.43. The first-order chi connectivity index (χ1) is 10.1.